The lowest BCUT2D eigenvalue weighted by Gasteiger charge is -2.41. The first-order chi connectivity index (χ1) is 21.0. The van der Waals surface area contributed by atoms with E-state index in [4.69, 9.17) is 24.3 Å². The molecule has 1 saturated heterocycles. The zero-order valence-corrected chi connectivity index (χ0v) is 26.0. The predicted molar refractivity (Wildman–Crippen MR) is 170 cm³/mol. The van der Waals surface area contributed by atoms with Crippen molar-refractivity contribution in [3.05, 3.63) is 78.0 Å². The summed E-state index contributed by atoms with van der Waals surface area (Å²) in [6.45, 7) is 11.8. The summed E-state index contributed by atoms with van der Waals surface area (Å²) in [5, 5.41) is 15.5. The van der Waals surface area contributed by atoms with Gasteiger partial charge in [-0.05, 0) is 71.2 Å². The number of benzene rings is 2. The number of rotatable bonds is 3. The Morgan fingerprint density at radius 1 is 1.02 bits per heavy atom. The minimum atomic E-state index is -1.22. The molecule has 0 radical (unpaired) electrons. The maximum Gasteiger partial charge on any atom is 0.337 e. The molecule has 1 N–H and O–H groups in total. The van der Waals surface area contributed by atoms with Gasteiger partial charge < -0.3 is 24.2 Å². The fraction of sp³-hybridized carbons (Fsp3) is 0.400. The Morgan fingerprint density at radius 3 is 2.50 bits per heavy atom. The van der Waals surface area contributed by atoms with Crippen molar-refractivity contribution in [2.45, 2.75) is 64.8 Å². The molecule has 2 aromatic heterocycles. The standard InChI is InChI=1S/C35H40N4O5/c1-23-30(31(33(40)41)44-34(2,3)4)32-38-17-15-35(5,16-18-38)43-20-9-8-19-42-28-14-7-6-13-26(28)24-11-10-12-25(21-24)27-22-29(36-23)39(32)37-27/h6-14,21-22,31H,15-20H2,1-5H3,(H,40,41)/b9-8+/t31-/m0/s1. The van der Waals surface area contributed by atoms with Gasteiger partial charge in [0, 0.05) is 36.0 Å². The average Bonchev–Trinajstić information content (AvgIpc) is 3.41. The number of hydrogen-bond acceptors (Lipinski definition) is 7. The highest BCUT2D eigenvalue weighted by Crippen LogP contribution is 2.39. The number of carboxylic acid groups (broad SMARTS) is 1. The minimum absolute atomic E-state index is 0.318. The third-order valence-electron chi connectivity index (χ3n) is 8.27. The van der Waals surface area contributed by atoms with Crippen LogP contribution in [-0.4, -0.2) is 63.2 Å². The molecule has 0 spiro atoms. The second-order valence-electron chi connectivity index (χ2n) is 12.8. The lowest BCUT2D eigenvalue weighted by Crippen LogP contribution is -2.45. The normalized spacial score (nSPS) is 18.2. The second-order valence-corrected chi connectivity index (χ2v) is 12.8. The van der Waals surface area contributed by atoms with Crippen LogP contribution in [0.5, 0.6) is 5.75 Å². The number of aryl methyl sites for hydroxylation is 1. The largest absolute Gasteiger partial charge is 0.489 e. The number of carbonyl (C=O) groups is 1. The Hall–Kier alpha value is -4.21. The summed E-state index contributed by atoms with van der Waals surface area (Å²) in [4.78, 5) is 19.8. The van der Waals surface area contributed by atoms with Gasteiger partial charge in [0.15, 0.2) is 11.8 Å². The minimum Gasteiger partial charge on any atom is -0.489 e. The average molecular weight is 597 g/mol. The highest BCUT2D eigenvalue weighted by molar-refractivity contribution is 5.80. The van der Waals surface area contributed by atoms with Gasteiger partial charge in [-0.25, -0.2) is 9.78 Å². The lowest BCUT2D eigenvalue weighted by molar-refractivity contribution is -0.160. The fourth-order valence-electron chi connectivity index (χ4n) is 5.99. The van der Waals surface area contributed by atoms with Gasteiger partial charge in [0.1, 0.15) is 18.2 Å². The molecule has 4 aromatic rings. The number of aliphatic carboxylic acids is 1. The zero-order valence-electron chi connectivity index (χ0n) is 26.0. The van der Waals surface area contributed by atoms with Gasteiger partial charge >= 0.3 is 5.97 Å². The molecule has 6 bridgehead atoms. The molecule has 3 aliphatic rings. The van der Waals surface area contributed by atoms with Gasteiger partial charge in [0.25, 0.3) is 0 Å². The molecule has 7 rings (SSSR count). The van der Waals surface area contributed by atoms with Crippen molar-refractivity contribution >= 4 is 17.4 Å². The van der Waals surface area contributed by atoms with Crippen molar-refractivity contribution in [1.29, 1.82) is 0 Å². The van der Waals surface area contributed by atoms with E-state index in [9.17, 15) is 9.90 Å². The number of piperidine rings is 1. The Kier molecular flexibility index (Phi) is 7.94. The van der Waals surface area contributed by atoms with Crippen LogP contribution in [-0.2, 0) is 14.3 Å². The molecule has 44 heavy (non-hydrogen) atoms. The first-order valence-corrected chi connectivity index (χ1v) is 15.2. The molecule has 0 amide bonds. The quantitative estimate of drug-likeness (QED) is 0.263. The van der Waals surface area contributed by atoms with Crippen LogP contribution in [0.4, 0.5) is 5.82 Å². The number of fused-ring (bicyclic) bond motifs is 6. The topological polar surface area (TPSA) is 98.4 Å². The molecule has 1 fully saturated rings. The number of hydrogen-bond donors (Lipinski definition) is 1. The van der Waals surface area contributed by atoms with Crippen LogP contribution in [0.15, 0.2) is 66.7 Å². The van der Waals surface area contributed by atoms with Crippen LogP contribution in [0.25, 0.3) is 28.0 Å². The first kappa shape index (κ1) is 29.8. The predicted octanol–water partition coefficient (Wildman–Crippen LogP) is 6.64. The molecule has 9 nitrogen and oxygen atoms in total. The van der Waals surface area contributed by atoms with E-state index in [1.807, 2.05) is 76.2 Å². The van der Waals surface area contributed by atoms with Crippen LogP contribution in [0.3, 0.4) is 0 Å². The van der Waals surface area contributed by atoms with Gasteiger partial charge in [0.05, 0.1) is 29.1 Å². The Morgan fingerprint density at radius 2 is 1.75 bits per heavy atom. The van der Waals surface area contributed by atoms with E-state index < -0.39 is 17.7 Å². The zero-order chi connectivity index (χ0) is 31.1. The van der Waals surface area contributed by atoms with Crippen LogP contribution < -0.4 is 9.64 Å². The maximum atomic E-state index is 12.7. The van der Waals surface area contributed by atoms with Gasteiger partial charge in [-0.2, -0.15) is 9.61 Å². The van der Waals surface area contributed by atoms with E-state index >= 15 is 0 Å². The molecule has 2 aromatic carbocycles. The summed E-state index contributed by atoms with van der Waals surface area (Å²) in [6.07, 6.45) is 4.32. The number of para-hydroxylation sites is 1. The van der Waals surface area contributed by atoms with Gasteiger partial charge in [-0.3, -0.25) is 0 Å². The molecule has 230 valence electrons. The van der Waals surface area contributed by atoms with Crippen LogP contribution in [0.2, 0.25) is 0 Å². The van der Waals surface area contributed by atoms with Gasteiger partial charge in [-0.15, -0.1) is 0 Å². The Labute approximate surface area is 258 Å². The molecule has 9 heteroatoms. The first-order valence-electron chi connectivity index (χ1n) is 15.2. The highest BCUT2D eigenvalue weighted by atomic mass is 16.5. The number of nitrogens with zero attached hydrogens (tertiary/aromatic N) is 4. The Bertz CT molecular complexity index is 1710. The number of carboxylic acids is 1. The molecule has 5 heterocycles. The summed E-state index contributed by atoms with van der Waals surface area (Å²) < 4.78 is 20.5. The molecule has 0 saturated carbocycles. The summed E-state index contributed by atoms with van der Waals surface area (Å²) in [7, 11) is 0. The summed E-state index contributed by atoms with van der Waals surface area (Å²) in [5.41, 5.74) is 4.42. The SMILES string of the molecule is Cc1nc2cc3nn2c(c1[C@H](OC(C)(C)C)C(=O)O)N1CCC(C)(CC1)OC/C=C/COc1ccccc1-c1cccc-3c1. The van der Waals surface area contributed by atoms with Crippen LogP contribution in [0, 0.1) is 6.92 Å². The number of anilines is 1. The van der Waals surface area contributed by atoms with E-state index in [2.05, 4.69) is 30.0 Å². The van der Waals surface area contributed by atoms with E-state index in [0.717, 1.165) is 41.0 Å². The van der Waals surface area contributed by atoms with Crippen molar-refractivity contribution in [2.24, 2.45) is 0 Å². The van der Waals surface area contributed by atoms with E-state index in [0.29, 0.717) is 49.0 Å². The van der Waals surface area contributed by atoms with E-state index in [1.54, 1.807) is 4.52 Å². The molecular formula is C35H40N4O5. The third kappa shape index (κ3) is 6.07. The van der Waals surface area contributed by atoms with Crippen molar-refractivity contribution < 1.29 is 24.1 Å². The van der Waals surface area contributed by atoms with Gasteiger partial charge in [0.2, 0.25) is 0 Å². The van der Waals surface area contributed by atoms with Crippen molar-refractivity contribution in [2.75, 3.05) is 31.2 Å². The molecular weight excluding hydrogens is 556 g/mol. The molecule has 0 aliphatic carbocycles. The van der Waals surface area contributed by atoms with Crippen molar-refractivity contribution in [3.8, 4) is 28.1 Å². The van der Waals surface area contributed by atoms with Crippen LogP contribution >= 0.6 is 0 Å². The molecule has 3 aliphatic heterocycles. The second kappa shape index (κ2) is 11.7. The summed E-state index contributed by atoms with van der Waals surface area (Å²) >= 11 is 0. The third-order valence-corrected chi connectivity index (χ3v) is 8.27. The van der Waals surface area contributed by atoms with Gasteiger partial charge in [-0.1, -0.05) is 42.5 Å². The van der Waals surface area contributed by atoms with Crippen molar-refractivity contribution in [3.63, 3.8) is 0 Å². The smallest absolute Gasteiger partial charge is 0.337 e. The summed E-state index contributed by atoms with van der Waals surface area (Å²) in [5.74, 6) is 0.434. The Balaban J connectivity index is 1.55. The fourth-order valence-corrected chi connectivity index (χ4v) is 5.99. The van der Waals surface area contributed by atoms with Crippen LogP contribution in [0.1, 0.15) is 57.9 Å². The molecule has 1 atom stereocenters. The van der Waals surface area contributed by atoms with E-state index in [1.165, 1.54) is 0 Å². The van der Waals surface area contributed by atoms with Crippen molar-refractivity contribution in [1.82, 2.24) is 14.6 Å². The number of aromatic nitrogens is 3. The van der Waals surface area contributed by atoms with E-state index in [-0.39, 0.29) is 5.60 Å². The molecule has 0 unspecified atom stereocenters. The lowest BCUT2D eigenvalue weighted by atomic mass is 9.92. The monoisotopic (exact) mass is 596 g/mol. The highest BCUT2D eigenvalue weighted by Gasteiger charge is 2.37. The maximum absolute atomic E-state index is 12.7. The summed E-state index contributed by atoms with van der Waals surface area (Å²) in [6, 6.07) is 18.2. The number of ether oxygens (including phenoxy) is 3.